The minimum absolute atomic E-state index is 0.241. The largest absolute Gasteiger partial charge is 0.394 e. The Morgan fingerprint density at radius 3 is 2.00 bits per heavy atom. The molecule has 0 bridgehead atoms. The van der Waals surface area contributed by atoms with Crippen LogP contribution in [-0.4, -0.2) is 34.1 Å². The lowest BCUT2D eigenvalue weighted by Crippen LogP contribution is -2.31. The van der Waals surface area contributed by atoms with Gasteiger partial charge in [-0.15, -0.1) is 0 Å². The molecule has 3 atom stereocenters. The Morgan fingerprint density at radius 2 is 1.70 bits per heavy atom. The second kappa shape index (κ2) is 4.66. The number of hydrogen-bond acceptors (Lipinski definition) is 3. The van der Waals surface area contributed by atoms with E-state index in [1.165, 1.54) is 0 Å². The lowest BCUT2D eigenvalue weighted by Gasteiger charge is -2.20. The highest BCUT2D eigenvalue weighted by atomic mass is 16.3. The summed E-state index contributed by atoms with van der Waals surface area (Å²) in [4.78, 5) is 0. The van der Waals surface area contributed by atoms with Crippen LogP contribution in [0.4, 0.5) is 0 Å². The van der Waals surface area contributed by atoms with E-state index >= 15 is 0 Å². The maximum Gasteiger partial charge on any atom is 0.0820 e. The van der Waals surface area contributed by atoms with Crippen LogP contribution < -0.4 is 0 Å². The smallest absolute Gasteiger partial charge is 0.0820 e. The fraction of sp³-hybridized carbons (Fsp3) is 1.00. The van der Waals surface area contributed by atoms with Crippen LogP contribution >= 0.6 is 0 Å². The third-order valence-corrected chi connectivity index (χ3v) is 1.82. The van der Waals surface area contributed by atoms with E-state index in [4.69, 9.17) is 15.3 Å². The van der Waals surface area contributed by atoms with E-state index in [0.29, 0.717) is 6.42 Å². The van der Waals surface area contributed by atoms with E-state index in [2.05, 4.69) is 0 Å². The van der Waals surface area contributed by atoms with Crippen molar-refractivity contribution in [3.05, 3.63) is 0 Å². The monoisotopic (exact) mass is 148 g/mol. The third kappa shape index (κ3) is 2.64. The fourth-order valence-electron chi connectivity index (χ4n) is 0.794. The molecule has 0 rings (SSSR count). The molecule has 0 unspecified atom stereocenters. The predicted molar refractivity (Wildman–Crippen MR) is 38.6 cm³/mol. The van der Waals surface area contributed by atoms with Crippen LogP contribution in [0.25, 0.3) is 0 Å². The van der Waals surface area contributed by atoms with Gasteiger partial charge in [0.15, 0.2) is 0 Å². The van der Waals surface area contributed by atoms with Gasteiger partial charge in [-0.05, 0) is 6.42 Å². The van der Waals surface area contributed by atoms with E-state index in [0.717, 1.165) is 0 Å². The summed E-state index contributed by atoms with van der Waals surface area (Å²) in [6, 6.07) is 0. The van der Waals surface area contributed by atoms with Crippen molar-refractivity contribution in [1.82, 2.24) is 0 Å². The number of rotatable bonds is 4. The Balaban J connectivity index is 3.69. The lowest BCUT2D eigenvalue weighted by atomic mass is 9.97. The highest BCUT2D eigenvalue weighted by molar-refractivity contribution is 4.69. The van der Waals surface area contributed by atoms with Crippen LogP contribution in [0.15, 0.2) is 0 Å². The Bertz CT molecular complexity index is 74.9. The Labute approximate surface area is 61.3 Å². The average molecular weight is 148 g/mol. The molecule has 0 aliphatic heterocycles. The quantitative estimate of drug-likeness (QED) is 0.515. The van der Waals surface area contributed by atoms with Crippen molar-refractivity contribution in [1.29, 1.82) is 0 Å². The van der Waals surface area contributed by atoms with Crippen molar-refractivity contribution in [2.45, 2.75) is 32.5 Å². The zero-order valence-electron chi connectivity index (χ0n) is 6.49. The summed E-state index contributed by atoms with van der Waals surface area (Å²) in [7, 11) is 0. The van der Waals surface area contributed by atoms with Gasteiger partial charge in [-0.3, -0.25) is 0 Å². The first kappa shape index (κ1) is 9.88. The Hall–Kier alpha value is -0.120. The molecular formula is C7H16O3. The maximum absolute atomic E-state index is 9.16. The highest BCUT2D eigenvalue weighted by Gasteiger charge is 2.19. The van der Waals surface area contributed by atoms with Gasteiger partial charge in [0.05, 0.1) is 18.8 Å². The normalized spacial score (nSPS) is 20.1. The van der Waals surface area contributed by atoms with Gasteiger partial charge in [-0.2, -0.15) is 0 Å². The average Bonchev–Trinajstić information content (AvgIpc) is 2.00. The van der Waals surface area contributed by atoms with Crippen LogP contribution in [0.2, 0.25) is 0 Å². The maximum atomic E-state index is 9.16. The van der Waals surface area contributed by atoms with Gasteiger partial charge in [0.2, 0.25) is 0 Å². The van der Waals surface area contributed by atoms with Gasteiger partial charge in [-0.1, -0.05) is 13.8 Å². The van der Waals surface area contributed by atoms with E-state index in [9.17, 15) is 0 Å². The molecule has 3 nitrogen and oxygen atoms in total. The van der Waals surface area contributed by atoms with Crippen LogP contribution in [0.5, 0.6) is 0 Å². The summed E-state index contributed by atoms with van der Waals surface area (Å²) < 4.78 is 0. The molecule has 0 spiro atoms. The second-order valence-corrected chi connectivity index (χ2v) is 2.58. The van der Waals surface area contributed by atoms with Crippen LogP contribution in [0, 0.1) is 5.92 Å². The minimum Gasteiger partial charge on any atom is -0.394 e. The molecule has 0 saturated carbocycles. The molecule has 0 heterocycles. The summed E-state index contributed by atoms with van der Waals surface area (Å²) in [5.74, 6) is -0.241. The standard InChI is InChI=1S/C7H16O3/c1-3-6(9)5(2)7(10)4-8/h5-10H,3-4H2,1-2H3/t5-,6+,7-/m1/s1. The predicted octanol–water partition coefficient (Wildman–Crippen LogP) is -0.253. The summed E-state index contributed by atoms with van der Waals surface area (Å²) >= 11 is 0. The third-order valence-electron chi connectivity index (χ3n) is 1.82. The first-order valence-electron chi connectivity index (χ1n) is 3.60. The van der Waals surface area contributed by atoms with E-state index in [1.807, 2.05) is 6.92 Å². The molecule has 3 N–H and O–H groups in total. The van der Waals surface area contributed by atoms with E-state index in [-0.39, 0.29) is 12.5 Å². The molecule has 0 aromatic heterocycles. The van der Waals surface area contributed by atoms with Crippen molar-refractivity contribution in [3.8, 4) is 0 Å². The number of aliphatic hydroxyl groups is 3. The SMILES string of the molecule is CC[C@H](O)[C@@H](C)[C@H](O)CO. The molecular weight excluding hydrogens is 132 g/mol. The van der Waals surface area contributed by atoms with Crippen molar-refractivity contribution < 1.29 is 15.3 Å². The molecule has 0 aliphatic rings. The Morgan fingerprint density at radius 1 is 1.20 bits per heavy atom. The summed E-state index contributed by atoms with van der Waals surface area (Å²) in [5.41, 5.74) is 0. The molecule has 0 radical (unpaired) electrons. The molecule has 0 aromatic rings. The van der Waals surface area contributed by atoms with Crippen molar-refractivity contribution in [2.75, 3.05) is 6.61 Å². The lowest BCUT2D eigenvalue weighted by molar-refractivity contribution is -0.00893. The molecule has 0 saturated heterocycles. The van der Waals surface area contributed by atoms with Crippen molar-refractivity contribution in [2.24, 2.45) is 5.92 Å². The van der Waals surface area contributed by atoms with Crippen LogP contribution in [0.3, 0.4) is 0 Å². The second-order valence-electron chi connectivity index (χ2n) is 2.58. The molecule has 0 amide bonds. The van der Waals surface area contributed by atoms with Crippen molar-refractivity contribution >= 4 is 0 Å². The molecule has 10 heavy (non-hydrogen) atoms. The van der Waals surface area contributed by atoms with Gasteiger partial charge in [0.1, 0.15) is 0 Å². The zero-order chi connectivity index (χ0) is 8.15. The first-order valence-corrected chi connectivity index (χ1v) is 3.60. The molecule has 0 fully saturated rings. The molecule has 3 heteroatoms. The Kier molecular flexibility index (Phi) is 4.60. The summed E-state index contributed by atoms with van der Waals surface area (Å²) in [5, 5.41) is 26.7. The summed E-state index contributed by atoms with van der Waals surface area (Å²) in [6.07, 6.45) is -0.699. The van der Waals surface area contributed by atoms with Gasteiger partial charge >= 0.3 is 0 Å². The van der Waals surface area contributed by atoms with Gasteiger partial charge in [0.25, 0.3) is 0 Å². The molecule has 62 valence electrons. The number of aliphatic hydroxyl groups excluding tert-OH is 3. The first-order chi connectivity index (χ1) is 4.63. The minimum atomic E-state index is -0.796. The molecule has 0 aliphatic carbocycles. The van der Waals surface area contributed by atoms with Gasteiger partial charge in [-0.25, -0.2) is 0 Å². The summed E-state index contributed by atoms with van der Waals surface area (Å²) in [6.45, 7) is 3.28. The number of hydrogen-bond donors (Lipinski definition) is 3. The molecule has 0 aromatic carbocycles. The van der Waals surface area contributed by atoms with E-state index in [1.54, 1.807) is 6.92 Å². The highest BCUT2D eigenvalue weighted by Crippen LogP contribution is 2.10. The zero-order valence-corrected chi connectivity index (χ0v) is 6.49. The van der Waals surface area contributed by atoms with Crippen molar-refractivity contribution in [3.63, 3.8) is 0 Å². The van der Waals surface area contributed by atoms with Gasteiger partial charge < -0.3 is 15.3 Å². The van der Waals surface area contributed by atoms with E-state index < -0.39 is 12.2 Å². The van der Waals surface area contributed by atoms with Crippen LogP contribution in [-0.2, 0) is 0 Å². The fourth-order valence-corrected chi connectivity index (χ4v) is 0.794. The van der Waals surface area contributed by atoms with Crippen LogP contribution in [0.1, 0.15) is 20.3 Å². The topological polar surface area (TPSA) is 60.7 Å². The van der Waals surface area contributed by atoms with Gasteiger partial charge in [0, 0.05) is 5.92 Å².